The van der Waals surface area contributed by atoms with Crippen molar-refractivity contribution < 1.29 is 14.3 Å². The van der Waals surface area contributed by atoms with Crippen LogP contribution in [0, 0.1) is 6.92 Å². The van der Waals surface area contributed by atoms with E-state index >= 15 is 0 Å². The van der Waals surface area contributed by atoms with Gasteiger partial charge in [-0.3, -0.25) is 14.8 Å². The van der Waals surface area contributed by atoms with E-state index in [2.05, 4.69) is 18.0 Å². The third-order valence-corrected chi connectivity index (χ3v) is 7.98. The van der Waals surface area contributed by atoms with Crippen molar-refractivity contribution in [2.75, 3.05) is 26.2 Å². The fourth-order valence-corrected chi connectivity index (χ4v) is 5.91. The number of fused-ring (bicyclic) bond motifs is 2. The number of aromatic nitrogens is 2. The van der Waals surface area contributed by atoms with Gasteiger partial charge in [0.15, 0.2) is 0 Å². The number of piperazine rings is 1. The number of hydrogen-bond donors (Lipinski definition) is 0. The van der Waals surface area contributed by atoms with Gasteiger partial charge in [-0.05, 0) is 68.9 Å². The van der Waals surface area contributed by atoms with Gasteiger partial charge in [-0.25, -0.2) is 4.79 Å². The number of nitrogens with zero attached hydrogens (tertiary/aromatic N) is 4. The lowest BCUT2D eigenvalue weighted by molar-refractivity contribution is 0.0412. The van der Waals surface area contributed by atoms with Gasteiger partial charge in [-0.1, -0.05) is 30.7 Å². The van der Waals surface area contributed by atoms with E-state index in [1.165, 1.54) is 5.56 Å². The smallest absolute Gasteiger partial charge is 0.410 e. The topological polar surface area (TPSA) is 75.6 Å². The Labute approximate surface area is 222 Å². The van der Waals surface area contributed by atoms with Crippen molar-refractivity contribution in [3.05, 3.63) is 69.6 Å². The first kappa shape index (κ1) is 25.5. The summed E-state index contributed by atoms with van der Waals surface area (Å²) in [5.74, 6) is 0.245. The normalized spacial score (nSPS) is 19.6. The second-order valence-electron chi connectivity index (χ2n) is 10.1. The molecule has 194 valence electrons. The fraction of sp³-hybridized carbons (Fsp3) is 0.448. The zero-order chi connectivity index (χ0) is 26.1. The summed E-state index contributed by atoms with van der Waals surface area (Å²) in [6, 6.07) is 9.55. The average Bonchev–Trinajstić information content (AvgIpc) is 2.91. The maximum absolute atomic E-state index is 13.4. The van der Waals surface area contributed by atoms with E-state index in [0.717, 1.165) is 58.6 Å². The highest BCUT2D eigenvalue weighted by Gasteiger charge is 2.31. The maximum atomic E-state index is 13.4. The Morgan fingerprint density at radius 2 is 2.05 bits per heavy atom. The third kappa shape index (κ3) is 5.01. The number of carbonyl (C=O) groups is 2. The van der Waals surface area contributed by atoms with E-state index in [9.17, 15) is 9.59 Å². The lowest BCUT2D eigenvalue weighted by Crippen LogP contribution is -2.55. The summed E-state index contributed by atoms with van der Waals surface area (Å²) in [4.78, 5) is 38.9. The van der Waals surface area contributed by atoms with Crippen molar-refractivity contribution in [3.63, 3.8) is 0 Å². The zero-order valence-electron chi connectivity index (χ0n) is 21.7. The van der Waals surface area contributed by atoms with E-state index in [0.29, 0.717) is 37.7 Å². The summed E-state index contributed by atoms with van der Waals surface area (Å²) in [5.41, 5.74) is 5.75. The first-order valence-corrected chi connectivity index (χ1v) is 13.5. The van der Waals surface area contributed by atoms with Crippen LogP contribution in [0.2, 0.25) is 5.02 Å². The predicted octanol–water partition coefficient (Wildman–Crippen LogP) is 5.56. The van der Waals surface area contributed by atoms with Crippen molar-refractivity contribution in [3.8, 4) is 0 Å². The molecule has 0 spiro atoms. The summed E-state index contributed by atoms with van der Waals surface area (Å²) in [6.07, 6.45) is 4.96. The number of ether oxygens (including phenoxy) is 1. The highest BCUT2D eigenvalue weighted by atomic mass is 35.5. The molecule has 5 rings (SSSR count). The van der Waals surface area contributed by atoms with Gasteiger partial charge >= 0.3 is 6.09 Å². The Balaban J connectivity index is 1.36. The van der Waals surface area contributed by atoms with Crippen LogP contribution < -0.4 is 0 Å². The van der Waals surface area contributed by atoms with Crippen molar-refractivity contribution in [2.24, 2.45) is 0 Å². The summed E-state index contributed by atoms with van der Waals surface area (Å²) in [7, 11) is 0. The monoisotopic (exact) mass is 520 g/mol. The molecule has 1 fully saturated rings. The van der Waals surface area contributed by atoms with Gasteiger partial charge in [0.2, 0.25) is 0 Å². The molecule has 8 heteroatoms. The molecule has 2 aliphatic rings. The summed E-state index contributed by atoms with van der Waals surface area (Å²) in [6.45, 7) is 7.80. The Hall–Kier alpha value is -3.19. The number of hydrogen-bond acceptors (Lipinski definition) is 5. The molecule has 2 amide bonds. The molecule has 37 heavy (non-hydrogen) atoms. The SMILES string of the molecule is CCCOC(=O)N1CCN(C(=O)c2ccc3c(Cl)c4c(nc3c2)CC(c2ncccc2C)CC4)CC1C. The molecule has 0 N–H and O–H groups in total. The van der Waals surface area contributed by atoms with E-state index in [-0.39, 0.29) is 18.0 Å². The molecule has 3 heterocycles. The van der Waals surface area contributed by atoms with E-state index in [1.54, 1.807) is 9.80 Å². The number of benzene rings is 1. The van der Waals surface area contributed by atoms with Crippen LogP contribution in [0.4, 0.5) is 4.79 Å². The minimum atomic E-state index is -0.310. The van der Waals surface area contributed by atoms with Gasteiger partial charge in [0.1, 0.15) is 0 Å². The number of aryl methyl sites for hydroxylation is 1. The summed E-state index contributed by atoms with van der Waals surface area (Å²) < 4.78 is 5.29. The number of amides is 2. The molecule has 0 saturated carbocycles. The van der Waals surface area contributed by atoms with Crippen LogP contribution in [0.1, 0.15) is 65.5 Å². The minimum Gasteiger partial charge on any atom is -0.449 e. The van der Waals surface area contributed by atoms with Gasteiger partial charge in [-0.15, -0.1) is 0 Å². The average molecular weight is 521 g/mol. The second-order valence-corrected chi connectivity index (χ2v) is 10.5. The summed E-state index contributed by atoms with van der Waals surface area (Å²) >= 11 is 6.87. The molecular weight excluding hydrogens is 488 g/mol. The van der Waals surface area contributed by atoms with E-state index < -0.39 is 0 Å². The van der Waals surface area contributed by atoms with Gasteiger partial charge in [-0.2, -0.15) is 0 Å². The standard InChI is InChI=1S/C29H33ClN4O3/c1-4-14-37-29(36)34-13-12-33(17-19(34)3)28(35)21-8-10-23-25(16-21)32-24-15-20(7-9-22(24)26(23)30)27-18(2)6-5-11-31-27/h5-6,8,10-11,16,19-20H,4,7,9,12-15,17H2,1-3H3. The zero-order valence-corrected chi connectivity index (χ0v) is 22.4. The van der Waals surface area contributed by atoms with Crippen molar-refractivity contribution in [1.82, 2.24) is 19.8 Å². The molecule has 0 bridgehead atoms. The fourth-order valence-electron chi connectivity index (χ4n) is 5.55. The molecule has 2 aromatic heterocycles. The molecule has 1 aliphatic carbocycles. The van der Waals surface area contributed by atoms with Crippen molar-refractivity contribution in [2.45, 2.75) is 58.4 Å². The molecule has 1 aromatic carbocycles. The van der Waals surface area contributed by atoms with Crippen LogP contribution in [0.15, 0.2) is 36.5 Å². The lowest BCUT2D eigenvalue weighted by atomic mass is 9.83. The highest BCUT2D eigenvalue weighted by molar-refractivity contribution is 6.36. The lowest BCUT2D eigenvalue weighted by Gasteiger charge is -2.39. The Kier molecular flexibility index (Phi) is 7.33. The molecule has 0 radical (unpaired) electrons. The predicted molar refractivity (Wildman–Crippen MR) is 144 cm³/mol. The number of rotatable bonds is 4. The van der Waals surface area contributed by atoms with Gasteiger partial charge in [0.05, 0.1) is 17.1 Å². The molecular formula is C29H33ClN4O3. The highest BCUT2D eigenvalue weighted by Crippen LogP contribution is 2.38. The van der Waals surface area contributed by atoms with Crippen LogP contribution in [0.25, 0.3) is 10.9 Å². The molecule has 2 atom stereocenters. The first-order chi connectivity index (χ1) is 17.9. The van der Waals surface area contributed by atoms with Crippen molar-refractivity contribution >= 4 is 34.5 Å². The first-order valence-electron chi connectivity index (χ1n) is 13.1. The Morgan fingerprint density at radius 3 is 2.81 bits per heavy atom. The Bertz CT molecular complexity index is 1340. The largest absolute Gasteiger partial charge is 0.449 e. The van der Waals surface area contributed by atoms with Gasteiger partial charge in [0.25, 0.3) is 5.91 Å². The van der Waals surface area contributed by atoms with Gasteiger partial charge < -0.3 is 14.5 Å². The Morgan fingerprint density at radius 1 is 1.22 bits per heavy atom. The van der Waals surface area contributed by atoms with Gasteiger partial charge in [0, 0.05) is 60.1 Å². The molecule has 1 aliphatic heterocycles. The van der Waals surface area contributed by atoms with Crippen molar-refractivity contribution in [1.29, 1.82) is 0 Å². The van der Waals surface area contributed by atoms with E-state index in [4.69, 9.17) is 21.3 Å². The van der Waals surface area contributed by atoms with Crippen LogP contribution in [0.3, 0.4) is 0 Å². The molecule has 7 nitrogen and oxygen atoms in total. The number of pyridine rings is 2. The maximum Gasteiger partial charge on any atom is 0.410 e. The number of carbonyl (C=O) groups excluding carboxylic acids is 2. The molecule has 2 unspecified atom stereocenters. The quantitative estimate of drug-likeness (QED) is 0.450. The molecule has 3 aromatic rings. The second kappa shape index (κ2) is 10.7. The van der Waals surface area contributed by atoms with E-state index in [1.807, 2.05) is 44.3 Å². The van der Waals surface area contributed by atoms with Crippen LogP contribution in [-0.4, -0.2) is 64.1 Å². The van der Waals surface area contributed by atoms with Crippen LogP contribution in [0.5, 0.6) is 0 Å². The minimum absolute atomic E-state index is 0.0621. The third-order valence-electron chi connectivity index (χ3n) is 7.55. The van der Waals surface area contributed by atoms with Crippen LogP contribution >= 0.6 is 11.6 Å². The summed E-state index contributed by atoms with van der Waals surface area (Å²) in [5, 5.41) is 1.62. The van der Waals surface area contributed by atoms with Crippen LogP contribution in [-0.2, 0) is 17.6 Å². The molecule has 1 saturated heterocycles. The number of halogens is 1.